The van der Waals surface area contributed by atoms with Crippen LogP contribution in [-0.2, 0) is 13.5 Å². The fourth-order valence-electron chi connectivity index (χ4n) is 2.69. The number of aryl methyl sites for hydroxylation is 1. The van der Waals surface area contributed by atoms with Crippen LogP contribution in [0.2, 0.25) is 0 Å². The van der Waals surface area contributed by atoms with Gasteiger partial charge in [0.15, 0.2) is 11.5 Å². The Labute approximate surface area is 134 Å². The van der Waals surface area contributed by atoms with Gasteiger partial charge in [-0.25, -0.2) is 4.68 Å². The van der Waals surface area contributed by atoms with Crippen molar-refractivity contribution in [2.75, 3.05) is 14.2 Å². The molecule has 0 unspecified atom stereocenters. The summed E-state index contributed by atoms with van der Waals surface area (Å²) in [6.45, 7) is 0. The Bertz CT molecular complexity index is 916. The van der Waals surface area contributed by atoms with E-state index in [2.05, 4.69) is 5.10 Å². The predicted molar refractivity (Wildman–Crippen MR) is 89.3 cm³/mol. The van der Waals surface area contributed by atoms with Crippen LogP contribution in [0.1, 0.15) is 11.3 Å². The molecule has 0 bridgehead atoms. The third-order valence-corrected chi connectivity index (χ3v) is 3.85. The topological polar surface area (TPSA) is 53.4 Å². The molecule has 1 heterocycles. The van der Waals surface area contributed by atoms with Gasteiger partial charge in [-0.05, 0) is 23.8 Å². The van der Waals surface area contributed by atoms with Crippen molar-refractivity contribution in [3.63, 3.8) is 0 Å². The molecule has 0 fully saturated rings. The van der Waals surface area contributed by atoms with E-state index in [9.17, 15) is 4.79 Å². The van der Waals surface area contributed by atoms with Gasteiger partial charge < -0.3 is 9.47 Å². The van der Waals surface area contributed by atoms with E-state index in [4.69, 9.17) is 9.47 Å². The van der Waals surface area contributed by atoms with E-state index in [1.165, 1.54) is 4.68 Å². The number of fused-ring (bicyclic) bond motifs is 1. The number of ether oxygens (including phenoxy) is 2. The molecule has 0 atom stereocenters. The van der Waals surface area contributed by atoms with Crippen molar-refractivity contribution in [3.8, 4) is 11.5 Å². The van der Waals surface area contributed by atoms with Crippen LogP contribution in [0.15, 0.2) is 47.3 Å². The first-order valence-electron chi connectivity index (χ1n) is 7.30. The van der Waals surface area contributed by atoms with E-state index >= 15 is 0 Å². The maximum Gasteiger partial charge on any atom is 0.274 e. The van der Waals surface area contributed by atoms with Crippen LogP contribution in [0, 0.1) is 0 Å². The Morgan fingerprint density at radius 1 is 1.00 bits per heavy atom. The lowest BCUT2D eigenvalue weighted by atomic mass is 10.0. The third kappa shape index (κ3) is 2.77. The van der Waals surface area contributed by atoms with Crippen molar-refractivity contribution in [1.29, 1.82) is 0 Å². The average molecular weight is 310 g/mol. The van der Waals surface area contributed by atoms with Crippen LogP contribution in [0.5, 0.6) is 11.5 Å². The summed E-state index contributed by atoms with van der Waals surface area (Å²) in [4.78, 5) is 12.2. The predicted octanol–water partition coefficient (Wildman–Crippen LogP) is 2.54. The van der Waals surface area contributed by atoms with E-state index in [0.717, 1.165) is 16.6 Å². The van der Waals surface area contributed by atoms with E-state index in [1.54, 1.807) is 21.3 Å². The molecule has 3 rings (SSSR count). The standard InChI is InChI=1S/C18H18N2O3/c1-20-18(21)14-7-5-4-6-13(14)15(19-20)10-12-8-9-16(22-2)17(11-12)23-3/h4-9,11H,10H2,1-3H3. The Hall–Kier alpha value is -2.82. The van der Waals surface area contributed by atoms with Gasteiger partial charge in [0.05, 0.1) is 25.3 Å². The molecule has 0 saturated heterocycles. The van der Waals surface area contributed by atoms with Gasteiger partial charge in [-0.3, -0.25) is 4.79 Å². The minimum atomic E-state index is -0.0864. The Morgan fingerprint density at radius 2 is 1.70 bits per heavy atom. The third-order valence-electron chi connectivity index (χ3n) is 3.85. The highest BCUT2D eigenvalue weighted by Gasteiger charge is 2.11. The molecule has 3 aromatic rings. The van der Waals surface area contributed by atoms with E-state index in [-0.39, 0.29) is 5.56 Å². The quantitative estimate of drug-likeness (QED) is 0.743. The first-order chi connectivity index (χ1) is 11.1. The van der Waals surface area contributed by atoms with Gasteiger partial charge in [-0.15, -0.1) is 0 Å². The zero-order chi connectivity index (χ0) is 16.4. The number of hydrogen-bond acceptors (Lipinski definition) is 4. The number of rotatable bonds is 4. The summed E-state index contributed by atoms with van der Waals surface area (Å²) in [5.41, 5.74) is 1.81. The molecule has 23 heavy (non-hydrogen) atoms. The molecule has 0 spiro atoms. The molecule has 0 aliphatic rings. The van der Waals surface area contributed by atoms with Crippen molar-refractivity contribution in [3.05, 3.63) is 64.1 Å². The first kappa shape index (κ1) is 15.1. The second-order valence-corrected chi connectivity index (χ2v) is 5.29. The van der Waals surface area contributed by atoms with Gasteiger partial charge >= 0.3 is 0 Å². The molecule has 0 saturated carbocycles. The number of hydrogen-bond donors (Lipinski definition) is 0. The number of nitrogens with zero attached hydrogens (tertiary/aromatic N) is 2. The van der Waals surface area contributed by atoms with Gasteiger partial charge in [0.1, 0.15) is 0 Å². The lowest BCUT2D eigenvalue weighted by Crippen LogP contribution is -2.21. The summed E-state index contributed by atoms with van der Waals surface area (Å²) in [6.07, 6.45) is 0.606. The minimum Gasteiger partial charge on any atom is -0.493 e. The zero-order valence-electron chi connectivity index (χ0n) is 13.4. The van der Waals surface area contributed by atoms with Gasteiger partial charge in [0, 0.05) is 18.9 Å². The maximum absolute atomic E-state index is 12.2. The molecule has 0 aliphatic carbocycles. The minimum absolute atomic E-state index is 0.0864. The highest BCUT2D eigenvalue weighted by Crippen LogP contribution is 2.28. The molecule has 2 aromatic carbocycles. The van der Waals surface area contributed by atoms with E-state index < -0.39 is 0 Å². The van der Waals surface area contributed by atoms with E-state index in [0.29, 0.717) is 23.3 Å². The van der Waals surface area contributed by atoms with E-state index in [1.807, 2.05) is 42.5 Å². The van der Waals surface area contributed by atoms with Gasteiger partial charge in [-0.1, -0.05) is 24.3 Å². The second-order valence-electron chi connectivity index (χ2n) is 5.29. The van der Waals surface area contributed by atoms with Crippen molar-refractivity contribution in [2.24, 2.45) is 7.05 Å². The molecule has 0 aliphatic heterocycles. The lowest BCUT2D eigenvalue weighted by Gasteiger charge is -2.11. The summed E-state index contributed by atoms with van der Waals surface area (Å²) in [6, 6.07) is 13.3. The summed E-state index contributed by atoms with van der Waals surface area (Å²) >= 11 is 0. The molecule has 5 nitrogen and oxygen atoms in total. The number of aromatic nitrogens is 2. The van der Waals surface area contributed by atoms with Gasteiger partial charge in [0.2, 0.25) is 0 Å². The molecule has 0 N–H and O–H groups in total. The van der Waals surface area contributed by atoms with Crippen molar-refractivity contribution < 1.29 is 9.47 Å². The Morgan fingerprint density at radius 3 is 2.39 bits per heavy atom. The fourth-order valence-corrected chi connectivity index (χ4v) is 2.69. The van der Waals surface area contributed by atoms with Crippen LogP contribution in [-0.4, -0.2) is 24.0 Å². The zero-order valence-corrected chi connectivity index (χ0v) is 13.4. The molecular weight excluding hydrogens is 292 g/mol. The number of benzene rings is 2. The summed E-state index contributed by atoms with van der Waals surface area (Å²) in [7, 11) is 4.90. The van der Waals surface area contributed by atoms with Crippen LogP contribution < -0.4 is 15.0 Å². The van der Waals surface area contributed by atoms with Crippen LogP contribution in [0.4, 0.5) is 0 Å². The highest BCUT2D eigenvalue weighted by atomic mass is 16.5. The summed E-state index contributed by atoms with van der Waals surface area (Å²) < 4.78 is 12.0. The average Bonchev–Trinajstić information content (AvgIpc) is 2.59. The van der Waals surface area contributed by atoms with Crippen LogP contribution in [0.3, 0.4) is 0 Å². The first-order valence-corrected chi connectivity index (χ1v) is 7.30. The molecule has 118 valence electrons. The number of methoxy groups -OCH3 is 2. The molecule has 5 heteroatoms. The highest BCUT2D eigenvalue weighted by molar-refractivity contribution is 5.83. The SMILES string of the molecule is COc1ccc(Cc2nn(C)c(=O)c3ccccc23)cc1OC. The summed E-state index contributed by atoms with van der Waals surface area (Å²) in [5.74, 6) is 1.37. The smallest absolute Gasteiger partial charge is 0.274 e. The Balaban J connectivity index is 2.09. The van der Waals surface area contributed by atoms with Crippen molar-refractivity contribution in [1.82, 2.24) is 9.78 Å². The second kappa shape index (κ2) is 6.12. The monoisotopic (exact) mass is 310 g/mol. The van der Waals surface area contributed by atoms with Gasteiger partial charge in [-0.2, -0.15) is 5.10 Å². The Kier molecular flexibility index (Phi) is 4.02. The van der Waals surface area contributed by atoms with Gasteiger partial charge in [0.25, 0.3) is 5.56 Å². The maximum atomic E-state index is 12.2. The molecule has 1 aromatic heterocycles. The largest absolute Gasteiger partial charge is 0.493 e. The summed E-state index contributed by atoms with van der Waals surface area (Å²) in [5, 5.41) is 5.99. The van der Waals surface area contributed by atoms with Crippen LogP contribution >= 0.6 is 0 Å². The normalized spacial score (nSPS) is 10.7. The van der Waals surface area contributed by atoms with Crippen LogP contribution in [0.25, 0.3) is 10.8 Å². The molecular formula is C18H18N2O3. The lowest BCUT2D eigenvalue weighted by molar-refractivity contribution is 0.354. The molecule has 0 amide bonds. The van der Waals surface area contributed by atoms with Crippen molar-refractivity contribution >= 4 is 10.8 Å². The fraction of sp³-hybridized carbons (Fsp3) is 0.222. The van der Waals surface area contributed by atoms with Crippen molar-refractivity contribution in [2.45, 2.75) is 6.42 Å². The molecule has 0 radical (unpaired) electrons.